The summed E-state index contributed by atoms with van der Waals surface area (Å²) in [4.78, 5) is 12.1. The lowest BCUT2D eigenvalue weighted by atomic mass is 10.1. The number of carbonyl (C=O) groups excluding carboxylic acids is 1. The van der Waals surface area contributed by atoms with Gasteiger partial charge in [-0.2, -0.15) is 5.10 Å². The van der Waals surface area contributed by atoms with Crippen LogP contribution in [-0.4, -0.2) is 27.3 Å². The van der Waals surface area contributed by atoms with Gasteiger partial charge in [-0.05, 0) is 36.4 Å². The van der Waals surface area contributed by atoms with Crippen LogP contribution in [0.5, 0.6) is 0 Å². The standard InChI is InChI=1S/C18H15F2N3O2/c19-12-5-7-13(8-6-12)23-10-9-16(22-23)18(25)21-11-17(24)14-3-1-2-4-15(14)20/h1-10,17,24H,11H2,(H,21,25). The molecule has 1 aromatic heterocycles. The zero-order valence-corrected chi connectivity index (χ0v) is 13.1. The molecule has 2 aromatic carbocycles. The van der Waals surface area contributed by atoms with Crippen LogP contribution in [0.3, 0.4) is 0 Å². The number of rotatable bonds is 5. The van der Waals surface area contributed by atoms with Crippen LogP contribution in [0.1, 0.15) is 22.2 Å². The Morgan fingerprint density at radius 2 is 1.84 bits per heavy atom. The second kappa shape index (κ2) is 7.23. The second-order valence-electron chi connectivity index (χ2n) is 5.37. The number of benzene rings is 2. The minimum Gasteiger partial charge on any atom is -0.386 e. The normalized spacial score (nSPS) is 12.0. The Balaban J connectivity index is 1.64. The molecule has 0 aliphatic rings. The van der Waals surface area contributed by atoms with Gasteiger partial charge in [0.25, 0.3) is 5.91 Å². The summed E-state index contributed by atoms with van der Waals surface area (Å²) in [6.45, 7) is -0.150. The third kappa shape index (κ3) is 3.89. The minimum atomic E-state index is -1.16. The van der Waals surface area contributed by atoms with E-state index in [1.54, 1.807) is 12.3 Å². The van der Waals surface area contributed by atoms with Gasteiger partial charge in [0, 0.05) is 18.3 Å². The fourth-order valence-electron chi connectivity index (χ4n) is 2.32. The van der Waals surface area contributed by atoms with Crippen LogP contribution in [0.4, 0.5) is 8.78 Å². The molecule has 0 bridgehead atoms. The molecule has 128 valence electrons. The van der Waals surface area contributed by atoms with E-state index in [0.717, 1.165) is 0 Å². The van der Waals surface area contributed by atoms with Gasteiger partial charge in [0.2, 0.25) is 0 Å². The number of hydrogen-bond acceptors (Lipinski definition) is 3. The minimum absolute atomic E-state index is 0.111. The van der Waals surface area contributed by atoms with Crippen LogP contribution in [0, 0.1) is 11.6 Å². The van der Waals surface area contributed by atoms with E-state index in [4.69, 9.17) is 0 Å². The molecule has 1 heterocycles. The maximum Gasteiger partial charge on any atom is 0.271 e. The van der Waals surface area contributed by atoms with E-state index in [2.05, 4.69) is 10.4 Å². The molecule has 0 aliphatic heterocycles. The monoisotopic (exact) mass is 343 g/mol. The predicted octanol–water partition coefficient (Wildman–Crippen LogP) is 2.61. The van der Waals surface area contributed by atoms with E-state index in [1.807, 2.05) is 0 Å². The Bertz CT molecular complexity index is 878. The molecule has 0 radical (unpaired) electrons. The van der Waals surface area contributed by atoms with Gasteiger partial charge in [0.05, 0.1) is 11.8 Å². The molecule has 1 unspecified atom stereocenters. The summed E-state index contributed by atoms with van der Waals surface area (Å²) < 4.78 is 28.0. The maximum absolute atomic E-state index is 13.6. The molecule has 1 amide bonds. The average molecular weight is 343 g/mol. The number of nitrogens with zero attached hydrogens (tertiary/aromatic N) is 2. The second-order valence-corrected chi connectivity index (χ2v) is 5.37. The molecule has 5 nitrogen and oxygen atoms in total. The zero-order valence-electron chi connectivity index (χ0n) is 13.1. The summed E-state index contributed by atoms with van der Waals surface area (Å²) >= 11 is 0. The molecular weight excluding hydrogens is 328 g/mol. The van der Waals surface area contributed by atoms with Crippen molar-refractivity contribution >= 4 is 5.91 Å². The van der Waals surface area contributed by atoms with Gasteiger partial charge in [-0.25, -0.2) is 13.5 Å². The first-order valence-electron chi connectivity index (χ1n) is 7.57. The smallest absolute Gasteiger partial charge is 0.271 e. The topological polar surface area (TPSA) is 67.2 Å². The highest BCUT2D eigenvalue weighted by Gasteiger charge is 2.15. The fourth-order valence-corrected chi connectivity index (χ4v) is 2.32. The van der Waals surface area contributed by atoms with Crippen molar-refractivity contribution in [2.45, 2.75) is 6.10 Å². The highest BCUT2D eigenvalue weighted by Crippen LogP contribution is 2.16. The third-order valence-corrected chi connectivity index (χ3v) is 3.63. The SMILES string of the molecule is O=C(NCC(O)c1ccccc1F)c1ccn(-c2ccc(F)cc2)n1. The summed E-state index contributed by atoms with van der Waals surface area (Å²) in [5, 5.41) is 16.6. The Kier molecular flexibility index (Phi) is 4.85. The van der Waals surface area contributed by atoms with Crippen molar-refractivity contribution in [3.05, 3.63) is 83.7 Å². The summed E-state index contributed by atoms with van der Waals surface area (Å²) in [5.74, 6) is -1.41. The number of aliphatic hydroxyl groups excluding tert-OH is 1. The van der Waals surface area contributed by atoms with Crippen LogP contribution in [0.15, 0.2) is 60.8 Å². The number of carbonyl (C=O) groups is 1. The molecule has 3 aromatic rings. The first kappa shape index (κ1) is 16.8. The van der Waals surface area contributed by atoms with Gasteiger partial charge >= 0.3 is 0 Å². The van der Waals surface area contributed by atoms with E-state index in [1.165, 1.54) is 53.2 Å². The van der Waals surface area contributed by atoms with Crippen LogP contribution >= 0.6 is 0 Å². The average Bonchev–Trinajstić information content (AvgIpc) is 3.10. The number of halogens is 2. The zero-order chi connectivity index (χ0) is 17.8. The van der Waals surface area contributed by atoms with Crippen LogP contribution in [0.2, 0.25) is 0 Å². The maximum atomic E-state index is 13.6. The van der Waals surface area contributed by atoms with Gasteiger partial charge in [-0.1, -0.05) is 18.2 Å². The van der Waals surface area contributed by atoms with Crippen molar-refractivity contribution in [3.8, 4) is 5.69 Å². The Morgan fingerprint density at radius 1 is 1.12 bits per heavy atom. The molecule has 2 N–H and O–H groups in total. The first-order chi connectivity index (χ1) is 12.0. The number of amides is 1. The lowest BCUT2D eigenvalue weighted by molar-refractivity contribution is 0.0908. The third-order valence-electron chi connectivity index (χ3n) is 3.63. The van der Waals surface area contributed by atoms with E-state index < -0.39 is 17.8 Å². The van der Waals surface area contributed by atoms with Crippen molar-refractivity contribution in [2.24, 2.45) is 0 Å². The Hall–Kier alpha value is -3.06. The van der Waals surface area contributed by atoms with Crippen molar-refractivity contribution in [1.82, 2.24) is 15.1 Å². The van der Waals surface area contributed by atoms with E-state index in [9.17, 15) is 18.7 Å². The molecule has 0 fully saturated rings. The van der Waals surface area contributed by atoms with Gasteiger partial charge in [0.1, 0.15) is 11.6 Å². The van der Waals surface area contributed by atoms with Crippen LogP contribution in [0.25, 0.3) is 5.69 Å². The molecule has 0 aliphatic carbocycles. The van der Waals surface area contributed by atoms with Crippen molar-refractivity contribution < 1.29 is 18.7 Å². The number of nitrogens with one attached hydrogen (secondary N) is 1. The molecule has 1 atom stereocenters. The molecule has 0 spiro atoms. The van der Waals surface area contributed by atoms with Gasteiger partial charge in [-0.15, -0.1) is 0 Å². The van der Waals surface area contributed by atoms with Crippen LogP contribution in [-0.2, 0) is 0 Å². The molecule has 25 heavy (non-hydrogen) atoms. The van der Waals surface area contributed by atoms with Crippen molar-refractivity contribution in [1.29, 1.82) is 0 Å². The summed E-state index contributed by atoms with van der Waals surface area (Å²) in [6, 6.07) is 13.0. The number of aliphatic hydroxyl groups is 1. The number of aromatic nitrogens is 2. The van der Waals surface area contributed by atoms with Gasteiger partial charge in [-0.3, -0.25) is 4.79 Å². The lowest BCUT2D eigenvalue weighted by Crippen LogP contribution is -2.29. The summed E-state index contributed by atoms with van der Waals surface area (Å²) in [5.41, 5.74) is 0.844. The Morgan fingerprint density at radius 3 is 2.56 bits per heavy atom. The van der Waals surface area contributed by atoms with E-state index >= 15 is 0 Å². The van der Waals surface area contributed by atoms with Gasteiger partial charge < -0.3 is 10.4 Å². The Labute approximate surface area is 142 Å². The highest BCUT2D eigenvalue weighted by atomic mass is 19.1. The van der Waals surface area contributed by atoms with Crippen LogP contribution < -0.4 is 5.32 Å². The molecular formula is C18H15F2N3O2. The first-order valence-corrected chi connectivity index (χ1v) is 7.57. The molecule has 3 rings (SSSR count). The fraction of sp³-hybridized carbons (Fsp3) is 0.111. The highest BCUT2D eigenvalue weighted by molar-refractivity contribution is 5.92. The van der Waals surface area contributed by atoms with Crippen molar-refractivity contribution in [2.75, 3.05) is 6.54 Å². The number of hydrogen-bond donors (Lipinski definition) is 2. The predicted molar refractivity (Wildman–Crippen MR) is 87.2 cm³/mol. The molecule has 0 saturated carbocycles. The summed E-state index contributed by atoms with van der Waals surface area (Å²) in [6.07, 6.45) is 0.402. The lowest BCUT2D eigenvalue weighted by Gasteiger charge is -2.12. The van der Waals surface area contributed by atoms with E-state index in [0.29, 0.717) is 5.69 Å². The quantitative estimate of drug-likeness (QED) is 0.748. The largest absolute Gasteiger partial charge is 0.386 e. The molecule has 0 saturated heterocycles. The molecule has 7 heteroatoms. The van der Waals surface area contributed by atoms with Crippen molar-refractivity contribution in [3.63, 3.8) is 0 Å². The van der Waals surface area contributed by atoms with E-state index in [-0.39, 0.29) is 23.6 Å². The van der Waals surface area contributed by atoms with Gasteiger partial charge in [0.15, 0.2) is 5.69 Å². The summed E-state index contributed by atoms with van der Waals surface area (Å²) in [7, 11) is 0.